The highest BCUT2D eigenvalue weighted by atomic mass is 32.2. The van der Waals surface area contributed by atoms with E-state index in [1.807, 2.05) is 0 Å². The van der Waals surface area contributed by atoms with Crippen molar-refractivity contribution in [2.24, 2.45) is 5.73 Å². The fraction of sp³-hybridized carbons (Fsp3) is 0.500. The first kappa shape index (κ1) is 12.7. The van der Waals surface area contributed by atoms with Crippen molar-refractivity contribution in [2.75, 3.05) is 6.54 Å². The van der Waals surface area contributed by atoms with Crippen LogP contribution >= 0.6 is 0 Å². The minimum atomic E-state index is -3.74. The molecule has 8 heteroatoms. The SMILES string of the molecule is CC(C)N(CC(N)=O)S(=O)(=O)c1ccn[nH]1. The van der Waals surface area contributed by atoms with Crippen LogP contribution in [0.5, 0.6) is 0 Å². The Bertz CT molecular complexity index is 452. The molecule has 0 aromatic carbocycles. The Hall–Kier alpha value is -1.41. The maximum Gasteiger partial charge on any atom is 0.260 e. The van der Waals surface area contributed by atoms with Gasteiger partial charge in [-0.15, -0.1) is 0 Å². The van der Waals surface area contributed by atoms with Gasteiger partial charge < -0.3 is 5.73 Å². The summed E-state index contributed by atoms with van der Waals surface area (Å²) in [5.41, 5.74) is 5.01. The van der Waals surface area contributed by atoms with Gasteiger partial charge in [0, 0.05) is 6.04 Å². The molecule has 3 N–H and O–H groups in total. The van der Waals surface area contributed by atoms with E-state index in [-0.39, 0.29) is 17.6 Å². The van der Waals surface area contributed by atoms with Gasteiger partial charge in [-0.2, -0.15) is 9.40 Å². The van der Waals surface area contributed by atoms with Crippen LogP contribution in [0.25, 0.3) is 0 Å². The van der Waals surface area contributed by atoms with E-state index in [0.29, 0.717) is 0 Å². The van der Waals surface area contributed by atoms with E-state index in [2.05, 4.69) is 10.2 Å². The van der Waals surface area contributed by atoms with Crippen LogP contribution in [0.15, 0.2) is 17.3 Å². The van der Waals surface area contributed by atoms with E-state index in [0.717, 1.165) is 4.31 Å². The van der Waals surface area contributed by atoms with Crippen molar-refractivity contribution in [3.63, 3.8) is 0 Å². The molecule has 0 bridgehead atoms. The summed E-state index contributed by atoms with van der Waals surface area (Å²) in [7, 11) is -3.74. The molecule has 1 aromatic heterocycles. The highest BCUT2D eigenvalue weighted by Crippen LogP contribution is 2.14. The van der Waals surface area contributed by atoms with Crippen molar-refractivity contribution in [3.8, 4) is 0 Å². The summed E-state index contributed by atoms with van der Waals surface area (Å²) in [5, 5.41) is 5.86. The number of carbonyl (C=O) groups excluding carboxylic acids is 1. The molecular formula is C8H14N4O3S. The van der Waals surface area contributed by atoms with Crippen LogP contribution in [0.3, 0.4) is 0 Å². The van der Waals surface area contributed by atoms with Crippen LogP contribution in [0.2, 0.25) is 0 Å². The van der Waals surface area contributed by atoms with Gasteiger partial charge in [-0.05, 0) is 19.9 Å². The second kappa shape index (κ2) is 4.62. The van der Waals surface area contributed by atoms with Crippen molar-refractivity contribution < 1.29 is 13.2 Å². The maximum absolute atomic E-state index is 12.0. The number of hydrogen-bond donors (Lipinski definition) is 2. The largest absolute Gasteiger partial charge is 0.369 e. The predicted octanol–water partition coefficient (Wildman–Crippen LogP) is -0.706. The molecule has 1 rings (SSSR count). The van der Waals surface area contributed by atoms with Gasteiger partial charge in [0.2, 0.25) is 5.91 Å². The van der Waals surface area contributed by atoms with Gasteiger partial charge in [0.05, 0.1) is 12.7 Å². The summed E-state index contributed by atoms with van der Waals surface area (Å²) in [5.74, 6) is -0.697. The van der Waals surface area contributed by atoms with Gasteiger partial charge in [-0.1, -0.05) is 0 Å². The number of primary amides is 1. The second-order valence-corrected chi connectivity index (χ2v) is 5.39. The minimum absolute atomic E-state index is 0.0533. The average molecular weight is 246 g/mol. The van der Waals surface area contributed by atoms with Crippen LogP contribution in [-0.2, 0) is 14.8 Å². The zero-order chi connectivity index (χ0) is 12.3. The highest BCUT2D eigenvalue weighted by molar-refractivity contribution is 7.89. The van der Waals surface area contributed by atoms with Crippen LogP contribution in [0.1, 0.15) is 13.8 Å². The van der Waals surface area contributed by atoms with Crippen LogP contribution in [-0.4, -0.2) is 41.4 Å². The highest BCUT2D eigenvalue weighted by Gasteiger charge is 2.29. The number of nitrogens with one attached hydrogen (secondary N) is 1. The normalized spacial score (nSPS) is 12.2. The molecule has 0 aliphatic rings. The Balaban J connectivity index is 3.08. The van der Waals surface area contributed by atoms with Gasteiger partial charge in [-0.25, -0.2) is 8.42 Å². The van der Waals surface area contributed by atoms with Gasteiger partial charge >= 0.3 is 0 Å². The fourth-order valence-electron chi connectivity index (χ4n) is 1.21. The molecule has 0 saturated heterocycles. The van der Waals surface area contributed by atoms with Crippen LogP contribution in [0.4, 0.5) is 0 Å². The Morgan fingerprint density at radius 2 is 2.25 bits per heavy atom. The lowest BCUT2D eigenvalue weighted by molar-refractivity contribution is -0.118. The van der Waals surface area contributed by atoms with E-state index in [1.54, 1.807) is 13.8 Å². The Morgan fingerprint density at radius 1 is 1.62 bits per heavy atom. The molecule has 0 radical (unpaired) electrons. The van der Waals surface area contributed by atoms with Crippen molar-refractivity contribution in [1.29, 1.82) is 0 Å². The van der Waals surface area contributed by atoms with Crippen molar-refractivity contribution in [2.45, 2.75) is 24.9 Å². The van der Waals surface area contributed by atoms with Gasteiger partial charge in [-0.3, -0.25) is 9.89 Å². The summed E-state index contributed by atoms with van der Waals surface area (Å²) in [4.78, 5) is 10.8. The molecular weight excluding hydrogens is 232 g/mol. The zero-order valence-corrected chi connectivity index (χ0v) is 9.86. The molecule has 1 amide bonds. The molecule has 0 aliphatic carbocycles. The van der Waals surface area contributed by atoms with Crippen molar-refractivity contribution in [3.05, 3.63) is 12.3 Å². The Labute approximate surface area is 93.7 Å². The number of aromatic amines is 1. The average Bonchev–Trinajstić information content (AvgIpc) is 2.66. The lowest BCUT2D eigenvalue weighted by atomic mass is 10.4. The smallest absolute Gasteiger partial charge is 0.260 e. The fourth-order valence-corrected chi connectivity index (χ4v) is 2.72. The van der Waals surface area contributed by atoms with E-state index in [9.17, 15) is 13.2 Å². The van der Waals surface area contributed by atoms with Crippen LogP contribution < -0.4 is 5.73 Å². The van der Waals surface area contributed by atoms with E-state index < -0.39 is 15.9 Å². The lowest BCUT2D eigenvalue weighted by Gasteiger charge is -2.23. The first-order valence-electron chi connectivity index (χ1n) is 4.65. The molecule has 0 aliphatic heterocycles. The lowest BCUT2D eigenvalue weighted by Crippen LogP contribution is -2.42. The van der Waals surface area contributed by atoms with Gasteiger partial charge in [0.15, 0.2) is 5.03 Å². The number of rotatable bonds is 5. The zero-order valence-electron chi connectivity index (χ0n) is 9.04. The van der Waals surface area contributed by atoms with E-state index in [4.69, 9.17) is 5.73 Å². The number of H-pyrrole nitrogens is 1. The topological polar surface area (TPSA) is 109 Å². The van der Waals surface area contributed by atoms with Gasteiger partial charge in [0.1, 0.15) is 0 Å². The summed E-state index contributed by atoms with van der Waals surface area (Å²) >= 11 is 0. The van der Waals surface area contributed by atoms with Gasteiger partial charge in [0.25, 0.3) is 10.0 Å². The number of nitrogens with two attached hydrogens (primary N) is 1. The quantitative estimate of drug-likeness (QED) is 0.715. The minimum Gasteiger partial charge on any atom is -0.369 e. The maximum atomic E-state index is 12.0. The number of carbonyl (C=O) groups is 1. The number of sulfonamides is 1. The Morgan fingerprint density at radius 3 is 2.62 bits per heavy atom. The van der Waals surface area contributed by atoms with Crippen LogP contribution in [0, 0.1) is 0 Å². The number of hydrogen-bond acceptors (Lipinski definition) is 4. The first-order valence-corrected chi connectivity index (χ1v) is 6.09. The molecule has 0 atom stereocenters. The molecule has 1 heterocycles. The monoisotopic (exact) mass is 246 g/mol. The second-order valence-electron chi connectivity index (χ2n) is 3.53. The molecule has 1 aromatic rings. The molecule has 90 valence electrons. The standard InChI is InChI=1S/C8H14N4O3S/c1-6(2)12(5-7(9)13)16(14,15)8-3-4-10-11-8/h3-4,6H,5H2,1-2H3,(H2,9,13)(H,10,11). The Kier molecular flexibility index (Phi) is 3.66. The number of amides is 1. The first-order chi connectivity index (χ1) is 7.35. The molecule has 16 heavy (non-hydrogen) atoms. The molecule has 0 fully saturated rings. The van der Waals surface area contributed by atoms with E-state index >= 15 is 0 Å². The van der Waals surface area contributed by atoms with Crippen molar-refractivity contribution >= 4 is 15.9 Å². The number of nitrogens with zero attached hydrogens (tertiary/aromatic N) is 2. The summed E-state index contributed by atoms with van der Waals surface area (Å²) in [6.45, 7) is 2.98. The summed E-state index contributed by atoms with van der Waals surface area (Å²) in [6.07, 6.45) is 1.33. The molecule has 7 nitrogen and oxygen atoms in total. The summed E-state index contributed by atoms with van der Waals surface area (Å²) < 4.78 is 25.1. The summed E-state index contributed by atoms with van der Waals surface area (Å²) in [6, 6.07) is 0.965. The third-order valence-corrected chi connectivity index (χ3v) is 3.90. The molecule has 0 spiro atoms. The molecule has 0 unspecified atom stereocenters. The van der Waals surface area contributed by atoms with E-state index in [1.165, 1.54) is 12.3 Å². The predicted molar refractivity (Wildman–Crippen MR) is 56.8 cm³/mol. The third-order valence-electron chi connectivity index (χ3n) is 1.95. The number of aromatic nitrogens is 2. The third kappa shape index (κ3) is 2.58. The van der Waals surface area contributed by atoms with Crippen molar-refractivity contribution in [1.82, 2.24) is 14.5 Å². The molecule has 0 saturated carbocycles.